The Hall–Kier alpha value is -2.41. The minimum atomic E-state index is -0.0785. The number of ether oxygens (including phenoxy) is 2. The molecule has 3 rings (SSSR count). The molecule has 0 aliphatic heterocycles. The van der Waals surface area contributed by atoms with Crippen molar-refractivity contribution in [2.45, 2.75) is 27.0 Å². The van der Waals surface area contributed by atoms with E-state index >= 15 is 0 Å². The van der Waals surface area contributed by atoms with E-state index in [4.69, 9.17) is 32.7 Å². The molecule has 3 aromatic carbocycles. The molecule has 0 aromatic heterocycles. The summed E-state index contributed by atoms with van der Waals surface area (Å²) in [7, 11) is 1.60. The van der Waals surface area contributed by atoms with Crippen LogP contribution in [-0.4, -0.2) is 19.6 Å². The monoisotopic (exact) mass is 564 g/mol. The zero-order chi connectivity index (χ0) is 24.7. The van der Waals surface area contributed by atoms with Gasteiger partial charge in [-0.3, -0.25) is 4.79 Å². The SMILES string of the molecule is COc1cc(CNc2cccc(C(=O)NCC(C)C)c2)cc(Br)c1OCc1ccc(Cl)c(Cl)c1. The van der Waals surface area contributed by atoms with E-state index in [0.717, 1.165) is 21.3 Å². The number of hydrogen-bond donors (Lipinski definition) is 2. The average Bonchev–Trinajstić information content (AvgIpc) is 2.82. The van der Waals surface area contributed by atoms with E-state index in [1.54, 1.807) is 25.3 Å². The van der Waals surface area contributed by atoms with Crippen LogP contribution in [0, 0.1) is 5.92 Å². The summed E-state index contributed by atoms with van der Waals surface area (Å²) in [5.41, 5.74) is 3.36. The van der Waals surface area contributed by atoms with Crippen molar-refractivity contribution in [1.29, 1.82) is 0 Å². The number of amides is 1. The number of methoxy groups -OCH3 is 1. The summed E-state index contributed by atoms with van der Waals surface area (Å²) in [6, 6.07) is 16.7. The van der Waals surface area contributed by atoms with Crippen LogP contribution < -0.4 is 20.1 Å². The Morgan fingerprint density at radius 2 is 1.82 bits per heavy atom. The number of rotatable bonds is 10. The molecular formula is C26H27BrCl2N2O3. The third kappa shape index (κ3) is 7.29. The fourth-order valence-electron chi connectivity index (χ4n) is 3.17. The first kappa shape index (κ1) is 26.2. The fourth-order valence-corrected chi connectivity index (χ4v) is 4.10. The van der Waals surface area contributed by atoms with Crippen molar-refractivity contribution >= 4 is 50.7 Å². The molecule has 0 aliphatic rings. The Kier molecular flexibility index (Phi) is 9.51. The second-order valence-corrected chi connectivity index (χ2v) is 9.85. The molecular weight excluding hydrogens is 539 g/mol. The number of carbonyl (C=O) groups excluding carboxylic acids is 1. The zero-order valence-electron chi connectivity index (χ0n) is 19.3. The van der Waals surface area contributed by atoms with Crippen molar-refractivity contribution in [1.82, 2.24) is 5.32 Å². The van der Waals surface area contributed by atoms with Gasteiger partial charge in [-0.25, -0.2) is 0 Å². The molecule has 0 saturated carbocycles. The predicted molar refractivity (Wildman–Crippen MR) is 142 cm³/mol. The van der Waals surface area contributed by atoms with E-state index in [-0.39, 0.29) is 5.91 Å². The lowest BCUT2D eigenvalue weighted by Crippen LogP contribution is -2.27. The van der Waals surface area contributed by atoms with Crippen molar-refractivity contribution in [2.75, 3.05) is 19.0 Å². The molecule has 0 radical (unpaired) electrons. The predicted octanol–water partition coefficient (Wildman–Crippen LogP) is 7.34. The highest BCUT2D eigenvalue weighted by molar-refractivity contribution is 9.10. The average molecular weight is 566 g/mol. The summed E-state index contributed by atoms with van der Waals surface area (Å²) in [6.45, 7) is 5.63. The van der Waals surface area contributed by atoms with E-state index in [2.05, 4.69) is 40.4 Å². The molecule has 0 saturated heterocycles. The number of nitrogens with one attached hydrogen (secondary N) is 2. The highest BCUT2D eigenvalue weighted by Gasteiger charge is 2.13. The van der Waals surface area contributed by atoms with E-state index < -0.39 is 0 Å². The Balaban J connectivity index is 1.67. The topological polar surface area (TPSA) is 59.6 Å². The number of anilines is 1. The van der Waals surface area contributed by atoms with Gasteiger partial charge in [-0.1, -0.05) is 49.2 Å². The molecule has 34 heavy (non-hydrogen) atoms. The van der Waals surface area contributed by atoms with Gasteiger partial charge in [0.15, 0.2) is 11.5 Å². The van der Waals surface area contributed by atoms with Crippen LogP contribution in [0.4, 0.5) is 5.69 Å². The van der Waals surface area contributed by atoms with Crippen LogP contribution >= 0.6 is 39.1 Å². The number of hydrogen-bond acceptors (Lipinski definition) is 4. The van der Waals surface area contributed by atoms with Gasteiger partial charge in [0, 0.05) is 24.3 Å². The van der Waals surface area contributed by atoms with Crippen LogP contribution in [0.1, 0.15) is 35.3 Å². The van der Waals surface area contributed by atoms with Gasteiger partial charge in [-0.15, -0.1) is 0 Å². The quantitative estimate of drug-likeness (QED) is 0.270. The lowest BCUT2D eigenvalue weighted by Gasteiger charge is -2.15. The Morgan fingerprint density at radius 1 is 1.03 bits per heavy atom. The summed E-state index contributed by atoms with van der Waals surface area (Å²) in [5.74, 6) is 1.52. The van der Waals surface area contributed by atoms with Gasteiger partial charge >= 0.3 is 0 Å². The molecule has 180 valence electrons. The summed E-state index contributed by atoms with van der Waals surface area (Å²) in [5, 5.41) is 7.29. The molecule has 0 atom stereocenters. The maximum Gasteiger partial charge on any atom is 0.251 e. The maximum atomic E-state index is 12.4. The van der Waals surface area contributed by atoms with Crippen LogP contribution in [0.15, 0.2) is 59.1 Å². The third-order valence-electron chi connectivity index (χ3n) is 4.95. The summed E-state index contributed by atoms with van der Waals surface area (Å²) >= 11 is 15.7. The van der Waals surface area contributed by atoms with Crippen molar-refractivity contribution in [3.63, 3.8) is 0 Å². The lowest BCUT2D eigenvalue weighted by atomic mass is 10.1. The van der Waals surface area contributed by atoms with Crippen LogP contribution in [0.2, 0.25) is 10.0 Å². The van der Waals surface area contributed by atoms with Gasteiger partial charge in [0.05, 0.1) is 21.6 Å². The second kappa shape index (κ2) is 12.3. The van der Waals surface area contributed by atoms with E-state index in [1.807, 2.05) is 36.4 Å². The molecule has 0 bridgehead atoms. The summed E-state index contributed by atoms with van der Waals surface area (Å²) in [6.07, 6.45) is 0. The number of benzene rings is 3. The Labute approximate surface area is 218 Å². The molecule has 0 fully saturated rings. The van der Waals surface area contributed by atoms with Crippen LogP contribution in [0.25, 0.3) is 0 Å². The number of halogens is 3. The third-order valence-corrected chi connectivity index (χ3v) is 6.28. The van der Waals surface area contributed by atoms with Gasteiger partial charge in [0.25, 0.3) is 5.91 Å². The van der Waals surface area contributed by atoms with Gasteiger partial charge < -0.3 is 20.1 Å². The molecule has 2 N–H and O–H groups in total. The van der Waals surface area contributed by atoms with Crippen molar-refractivity contribution < 1.29 is 14.3 Å². The van der Waals surface area contributed by atoms with Gasteiger partial charge in [0.1, 0.15) is 6.61 Å². The molecule has 5 nitrogen and oxygen atoms in total. The minimum Gasteiger partial charge on any atom is -0.493 e. The molecule has 0 spiro atoms. The van der Waals surface area contributed by atoms with Crippen LogP contribution in [0.5, 0.6) is 11.5 Å². The first-order valence-corrected chi connectivity index (χ1v) is 12.4. The molecule has 0 unspecified atom stereocenters. The van der Waals surface area contributed by atoms with E-state index in [1.165, 1.54) is 0 Å². The molecule has 0 heterocycles. The standard InChI is InChI=1S/C26H27BrCl2N2O3/c1-16(2)13-31-26(32)19-5-4-6-20(12-19)30-14-18-9-21(27)25(24(11-18)33-3)34-15-17-7-8-22(28)23(29)10-17/h4-12,16,30H,13-15H2,1-3H3,(H,31,32). The number of carbonyl (C=O) groups is 1. The summed E-state index contributed by atoms with van der Waals surface area (Å²) < 4.78 is 12.3. The van der Waals surface area contributed by atoms with E-state index in [9.17, 15) is 4.79 Å². The Morgan fingerprint density at radius 3 is 2.53 bits per heavy atom. The largest absolute Gasteiger partial charge is 0.493 e. The van der Waals surface area contributed by atoms with Crippen molar-refractivity contribution in [3.8, 4) is 11.5 Å². The molecule has 1 amide bonds. The van der Waals surface area contributed by atoms with Crippen LogP contribution in [-0.2, 0) is 13.2 Å². The molecule has 0 aliphatic carbocycles. The van der Waals surface area contributed by atoms with Gasteiger partial charge in [0.2, 0.25) is 0 Å². The Bertz CT molecular complexity index is 1150. The lowest BCUT2D eigenvalue weighted by molar-refractivity contribution is 0.0949. The normalized spacial score (nSPS) is 10.8. The smallest absolute Gasteiger partial charge is 0.251 e. The second-order valence-electron chi connectivity index (χ2n) is 8.18. The van der Waals surface area contributed by atoms with E-state index in [0.29, 0.717) is 52.7 Å². The van der Waals surface area contributed by atoms with Gasteiger partial charge in [-0.2, -0.15) is 0 Å². The highest BCUT2D eigenvalue weighted by atomic mass is 79.9. The molecule has 3 aromatic rings. The minimum absolute atomic E-state index is 0.0785. The highest BCUT2D eigenvalue weighted by Crippen LogP contribution is 2.37. The van der Waals surface area contributed by atoms with Gasteiger partial charge in [-0.05, 0) is 75.4 Å². The zero-order valence-corrected chi connectivity index (χ0v) is 22.4. The first-order chi connectivity index (χ1) is 16.3. The maximum absolute atomic E-state index is 12.4. The van der Waals surface area contributed by atoms with Crippen LogP contribution in [0.3, 0.4) is 0 Å². The fraction of sp³-hybridized carbons (Fsp3) is 0.269. The van der Waals surface area contributed by atoms with Crippen molar-refractivity contribution in [2.24, 2.45) is 5.92 Å². The summed E-state index contributed by atoms with van der Waals surface area (Å²) in [4.78, 5) is 12.4. The first-order valence-electron chi connectivity index (χ1n) is 10.8. The van der Waals surface area contributed by atoms with Crippen molar-refractivity contribution in [3.05, 3.63) is 85.8 Å². The molecule has 8 heteroatoms.